The Kier molecular flexibility index (Phi) is 5.13. The Labute approximate surface area is 185 Å². The molecule has 4 aromatic rings. The molecule has 0 spiro atoms. The molecule has 164 valence electrons. The summed E-state index contributed by atoms with van der Waals surface area (Å²) in [6.45, 7) is 3.51. The molecule has 0 saturated carbocycles. The number of amides is 1. The first kappa shape index (κ1) is 20.2. The second-order valence-electron chi connectivity index (χ2n) is 8.41. The number of carbonyl (C=O) groups excluding carboxylic acids is 1. The molecule has 1 aliphatic rings. The average molecular weight is 431 g/mol. The first-order valence-corrected chi connectivity index (χ1v) is 10.9. The third kappa shape index (κ3) is 3.51. The SMILES string of the molecule is Cc1cc(C(=O)N2CCC[C@H](n3c(=O)n(Cc4ccccc4)c4cccnc43)C2)n(C)n1. The summed E-state index contributed by atoms with van der Waals surface area (Å²) in [5.41, 5.74) is 3.84. The van der Waals surface area contributed by atoms with Crippen LogP contribution in [0.4, 0.5) is 0 Å². The smallest absolute Gasteiger partial charge is 0.330 e. The molecular formula is C24H26N6O2. The van der Waals surface area contributed by atoms with Gasteiger partial charge in [0.15, 0.2) is 5.65 Å². The van der Waals surface area contributed by atoms with Crippen LogP contribution in [0.3, 0.4) is 0 Å². The number of pyridine rings is 1. The van der Waals surface area contributed by atoms with E-state index < -0.39 is 0 Å². The van der Waals surface area contributed by atoms with Crippen LogP contribution >= 0.6 is 0 Å². The molecule has 1 amide bonds. The van der Waals surface area contributed by atoms with E-state index in [1.54, 1.807) is 27.1 Å². The summed E-state index contributed by atoms with van der Waals surface area (Å²) < 4.78 is 5.19. The van der Waals surface area contributed by atoms with Crippen LogP contribution in [0.1, 0.15) is 40.6 Å². The van der Waals surface area contributed by atoms with Gasteiger partial charge in [-0.15, -0.1) is 0 Å². The van der Waals surface area contributed by atoms with Crippen molar-refractivity contribution in [3.8, 4) is 0 Å². The standard InChI is InChI=1S/C24H26N6O2/c1-17-14-21(27(2)26-17)23(31)28-13-7-10-19(16-28)30-22-20(11-6-12-25-22)29(24(30)32)15-18-8-4-3-5-9-18/h3-6,8-9,11-12,14,19H,7,10,13,15-16H2,1-2H3/t19-/m0/s1. The molecule has 32 heavy (non-hydrogen) atoms. The van der Waals surface area contributed by atoms with Gasteiger partial charge in [0.1, 0.15) is 5.69 Å². The molecule has 8 nitrogen and oxygen atoms in total. The summed E-state index contributed by atoms with van der Waals surface area (Å²) in [6, 6.07) is 15.4. The highest BCUT2D eigenvalue weighted by Gasteiger charge is 2.30. The monoisotopic (exact) mass is 430 g/mol. The van der Waals surface area contributed by atoms with E-state index in [-0.39, 0.29) is 17.6 Å². The number of nitrogens with zero attached hydrogens (tertiary/aromatic N) is 6. The lowest BCUT2D eigenvalue weighted by molar-refractivity contribution is 0.0668. The van der Waals surface area contributed by atoms with Crippen molar-refractivity contribution < 1.29 is 4.79 Å². The zero-order chi connectivity index (χ0) is 22.2. The Morgan fingerprint density at radius 3 is 2.72 bits per heavy atom. The first-order valence-electron chi connectivity index (χ1n) is 10.9. The van der Waals surface area contributed by atoms with E-state index in [0.29, 0.717) is 31.0 Å². The van der Waals surface area contributed by atoms with Gasteiger partial charge in [-0.25, -0.2) is 9.78 Å². The van der Waals surface area contributed by atoms with E-state index in [4.69, 9.17) is 0 Å². The summed E-state index contributed by atoms with van der Waals surface area (Å²) in [4.78, 5) is 33.1. The minimum atomic E-state index is -0.121. The van der Waals surface area contributed by atoms with Crippen LogP contribution in [0.5, 0.6) is 0 Å². The predicted molar refractivity (Wildman–Crippen MR) is 122 cm³/mol. The molecule has 1 aliphatic heterocycles. The lowest BCUT2D eigenvalue weighted by atomic mass is 10.0. The van der Waals surface area contributed by atoms with Crippen molar-refractivity contribution in [2.24, 2.45) is 7.05 Å². The van der Waals surface area contributed by atoms with Gasteiger partial charge in [0, 0.05) is 26.3 Å². The second kappa shape index (κ2) is 8.11. The molecule has 0 unspecified atom stereocenters. The maximum Gasteiger partial charge on any atom is 0.330 e. The van der Waals surface area contributed by atoms with E-state index in [1.165, 1.54) is 0 Å². The average Bonchev–Trinajstić information content (AvgIpc) is 3.29. The van der Waals surface area contributed by atoms with E-state index in [1.807, 2.05) is 60.4 Å². The summed E-state index contributed by atoms with van der Waals surface area (Å²) >= 11 is 0. The molecule has 4 heterocycles. The number of likely N-dealkylation sites (tertiary alicyclic amines) is 1. The molecule has 5 rings (SSSR count). The number of carbonyl (C=O) groups is 1. The molecule has 1 aromatic carbocycles. The summed E-state index contributed by atoms with van der Waals surface area (Å²) in [5, 5.41) is 4.30. The zero-order valence-corrected chi connectivity index (χ0v) is 18.3. The molecular weight excluding hydrogens is 404 g/mol. The zero-order valence-electron chi connectivity index (χ0n) is 18.3. The van der Waals surface area contributed by atoms with Crippen molar-refractivity contribution in [1.82, 2.24) is 28.8 Å². The quantitative estimate of drug-likeness (QED) is 0.499. The van der Waals surface area contributed by atoms with Gasteiger partial charge in [0.2, 0.25) is 0 Å². The van der Waals surface area contributed by atoms with Crippen LogP contribution in [0.15, 0.2) is 59.5 Å². The number of piperidine rings is 1. The molecule has 1 fully saturated rings. The summed E-state index contributed by atoms with van der Waals surface area (Å²) in [7, 11) is 1.79. The van der Waals surface area contributed by atoms with Gasteiger partial charge < -0.3 is 4.90 Å². The first-order chi connectivity index (χ1) is 15.5. The fraction of sp³-hybridized carbons (Fsp3) is 0.333. The van der Waals surface area contributed by atoms with Crippen LogP contribution in [-0.4, -0.2) is 47.8 Å². The molecule has 3 aromatic heterocycles. The summed E-state index contributed by atoms with van der Waals surface area (Å²) in [5.74, 6) is -0.0492. The highest BCUT2D eigenvalue weighted by atomic mass is 16.2. The lowest BCUT2D eigenvalue weighted by Crippen LogP contribution is -2.43. The van der Waals surface area contributed by atoms with E-state index in [0.717, 1.165) is 29.6 Å². The number of rotatable bonds is 4. The van der Waals surface area contributed by atoms with Crippen LogP contribution in [0, 0.1) is 6.92 Å². The predicted octanol–water partition coefficient (Wildman–Crippen LogP) is 2.77. The number of benzene rings is 1. The van der Waals surface area contributed by atoms with Crippen LogP contribution in [0.2, 0.25) is 0 Å². The van der Waals surface area contributed by atoms with Crippen molar-refractivity contribution in [2.75, 3.05) is 13.1 Å². The third-order valence-corrected chi connectivity index (χ3v) is 6.18. The van der Waals surface area contributed by atoms with Crippen molar-refractivity contribution in [3.63, 3.8) is 0 Å². The van der Waals surface area contributed by atoms with Gasteiger partial charge in [-0.1, -0.05) is 30.3 Å². The number of fused-ring (bicyclic) bond motifs is 1. The molecule has 0 radical (unpaired) electrons. The maximum absolute atomic E-state index is 13.6. The van der Waals surface area contributed by atoms with Gasteiger partial charge in [-0.2, -0.15) is 5.10 Å². The molecule has 0 bridgehead atoms. The maximum atomic E-state index is 13.6. The van der Waals surface area contributed by atoms with E-state index in [9.17, 15) is 9.59 Å². The Balaban J connectivity index is 1.50. The normalized spacial score (nSPS) is 16.6. The number of aromatic nitrogens is 5. The highest BCUT2D eigenvalue weighted by molar-refractivity contribution is 5.92. The largest absolute Gasteiger partial charge is 0.335 e. The van der Waals surface area contributed by atoms with Gasteiger partial charge in [0.25, 0.3) is 5.91 Å². The van der Waals surface area contributed by atoms with E-state index >= 15 is 0 Å². The van der Waals surface area contributed by atoms with Gasteiger partial charge in [-0.3, -0.25) is 18.6 Å². The van der Waals surface area contributed by atoms with Crippen molar-refractivity contribution in [3.05, 3.63) is 82.2 Å². The third-order valence-electron chi connectivity index (χ3n) is 6.18. The highest BCUT2D eigenvalue weighted by Crippen LogP contribution is 2.25. The number of hydrogen-bond donors (Lipinski definition) is 0. The fourth-order valence-electron chi connectivity index (χ4n) is 4.68. The molecule has 0 aliphatic carbocycles. The Morgan fingerprint density at radius 2 is 1.97 bits per heavy atom. The Hall–Kier alpha value is -3.68. The molecule has 0 N–H and O–H groups in total. The van der Waals surface area contributed by atoms with Crippen molar-refractivity contribution >= 4 is 17.1 Å². The summed E-state index contributed by atoms with van der Waals surface area (Å²) in [6.07, 6.45) is 3.38. The number of aryl methyl sites for hydroxylation is 2. The Morgan fingerprint density at radius 1 is 1.16 bits per heavy atom. The minimum absolute atomic E-state index is 0.0492. The van der Waals surface area contributed by atoms with Crippen molar-refractivity contribution in [2.45, 2.75) is 32.4 Å². The second-order valence-corrected chi connectivity index (χ2v) is 8.41. The lowest BCUT2D eigenvalue weighted by Gasteiger charge is -2.33. The van der Waals surface area contributed by atoms with Gasteiger partial charge >= 0.3 is 5.69 Å². The Bertz CT molecular complexity index is 1330. The topological polar surface area (TPSA) is 78.0 Å². The molecule has 1 saturated heterocycles. The molecule has 8 heteroatoms. The van der Waals surface area contributed by atoms with Gasteiger partial charge in [-0.05, 0) is 43.5 Å². The molecule has 1 atom stereocenters. The van der Waals surface area contributed by atoms with Crippen LogP contribution in [0.25, 0.3) is 11.2 Å². The van der Waals surface area contributed by atoms with Crippen LogP contribution < -0.4 is 5.69 Å². The number of hydrogen-bond acceptors (Lipinski definition) is 4. The van der Waals surface area contributed by atoms with E-state index in [2.05, 4.69) is 10.1 Å². The minimum Gasteiger partial charge on any atom is -0.335 e. The van der Waals surface area contributed by atoms with Gasteiger partial charge in [0.05, 0.1) is 23.8 Å². The number of imidazole rings is 1. The fourth-order valence-corrected chi connectivity index (χ4v) is 4.68. The van der Waals surface area contributed by atoms with Crippen LogP contribution in [-0.2, 0) is 13.6 Å². The van der Waals surface area contributed by atoms with Crippen molar-refractivity contribution in [1.29, 1.82) is 0 Å².